The van der Waals surface area contributed by atoms with Crippen molar-refractivity contribution in [1.82, 2.24) is 0 Å². The van der Waals surface area contributed by atoms with Crippen LogP contribution in [0.25, 0.3) is 5.53 Å². The molecule has 6 nitrogen and oxygen atoms in total. The molecule has 0 N–H and O–H groups in total. The topological polar surface area (TPSA) is 105 Å². The molecule has 25 heavy (non-hydrogen) atoms. The first-order chi connectivity index (χ1) is 11.4. The lowest BCUT2D eigenvalue weighted by atomic mass is 9.89. The molecule has 0 spiro atoms. The SMILES string of the molecule is C=C(CS(=O)(=O)C(=[N+]=[N-])S(=O)(=O)CC=CC1CCCCC1)C(F)(F)F. The lowest BCUT2D eigenvalue weighted by molar-refractivity contribution is -0.0905. The van der Waals surface area contributed by atoms with Crippen LogP contribution in [-0.4, -0.2) is 43.7 Å². The first kappa shape index (κ1) is 21.6. The van der Waals surface area contributed by atoms with Crippen LogP contribution in [0, 0.1) is 5.92 Å². The van der Waals surface area contributed by atoms with E-state index in [0.29, 0.717) is 0 Å². The second-order valence-electron chi connectivity index (χ2n) is 5.83. The molecular formula is C14H19F3N2O4S2. The fourth-order valence-electron chi connectivity index (χ4n) is 2.46. The van der Waals surface area contributed by atoms with E-state index in [1.807, 2.05) is 0 Å². The summed E-state index contributed by atoms with van der Waals surface area (Å²) in [4.78, 5) is 2.23. The number of halogens is 3. The highest BCUT2D eigenvalue weighted by atomic mass is 32.3. The Balaban J connectivity index is 2.91. The summed E-state index contributed by atoms with van der Waals surface area (Å²) in [5.74, 6) is -2.29. The molecule has 0 amide bonds. The molecule has 142 valence electrons. The minimum absolute atomic E-state index is 0.181. The molecule has 0 heterocycles. The molecule has 0 aliphatic heterocycles. The second-order valence-corrected chi connectivity index (χ2v) is 9.95. The Morgan fingerprint density at radius 2 is 1.68 bits per heavy atom. The van der Waals surface area contributed by atoms with Gasteiger partial charge in [0, 0.05) is 5.57 Å². The number of allylic oxidation sites excluding steroid dienone is 1. The number of alkyl halides is 3. The Morgan fingerprint density at radius 1 is 1.12 bits per heavy atom. The highest BCUT2D eigenvalue weighted by molar-refractivity contribution is 8.31. The van der Waals surface area contributed by atoms with Crippen molar-refractivity contribution >= 4 is 24.1 Å². The lowest BCUT2D eigenvalue weighted by Gasteiger charge is -2.17. The van der Waals surface area contributed by atoms with Crippen molar-refractivity contribution in [3.05, 3.63) is 29.8 Å². The molecule has 0 aromatic carbocycles. The van der Waals surface area contributed by atoms with Gasteiger partial charge in [0.05, 0.1) is 11.5 Å². The third-order valence-electron chi connectivity index (χ3n) is 3.75. The van der Waals surface area contributed by atoms with Crippen molar-refractivity contribution in [2.45, 2.75) is 38.3 Å². The van der Waals surface area contributed by atoms with Gasteiger partial charge in [-0.2, -0.15) is 13.2 Å². The molecule has 1 aliphatic carbocycles. The average Bonchev–Trinajstić information content (AvgIpc) is 2.46. The maximum atomic E-state index is 12.4. The van der Waals surface area contributed by atoms with E-state index >= 15 is 0 Å². The summed E-state index contributed by atoms with van der Waals surface area (Å²) in [6.07, 6.45) is 2.79. The predicted octanol–water partition coefficient (Wildman–Crippen LogP) is 2.66. The average molecular weight is 400 g/mol. The molecule has 11 heteroatoms. The zero-order valence-electron chi connectivity index (χ0n) is 13.4. The third-order valence-corrected chi connectivity index (χ3v) is 7.86. The van der Waals surface area contributed by atoms with Crippen LogP contribution in [0.4, 0.5) is 13.2 Å². The summed E-state index contributed by atoms with van der Waals surface area (Å²) in [7, 11) is -9.61. The smallest absolute Gasteiger partial charge is 0.359 e. The zero-order chi connectivity index (χ0) is 19.3. The van der Waals surface area contributed by atoms with Crippen molar-refractivity contribution in [2.75, 3.05) is 11.5 Å². The maximum absolute atomic E-state index is 12.4. The molecule has 0 unspecified atom stereocenters. The van der Waals surface area contributed by atoms with Crippen molar-refractivity contribution < 1.29 is 34.8 Å². The number of sulfone groups is 2. The van der Waals surface area contributed by atoms with Crippen molar-refractivity contribution in [2.24, 2.45) is 5.92 Å². The predicted molar refractivity (Wildman–Crippen MR) is 87.1 cm³/mol. The first-order valence-electron chi connectivity index (χ1n) is 7.49. The van der Waals surface area contributed by atoms with E-state index in [1.165, 1.54) is 6.08 Å². The highest BCUT2D eigenvalue weighted by Gasteiger charge is 2.44. The molecule has 0 saturated heterocycles. The van der Waals surface area contributed by atoms with Gasteiger partial charge in [0.1, 0.15) is 0 Å². The Kier molecular flexibility index (Phi) is 7.16. The highest BCUT2D eigenvalue weighted by Crippen LogP contribution is 2.26. The summed E-state index contributed by atoms with van der Waals surface area (Å²) in [6.45, 7) is 2.58. The van der Waals surface area contributed by atoms with E-state index in [9.17, 15) is 30.0 Å². The molecule has 1 saturated carbocycles. The minimum Gasteiger partial charge on any atom is -0.359 e. The largest absolute Gasteiger partial charge is 0.495 e. The number of rotatable bonds is 5. The van der Waals surface area contributed by atoms with E-state index in [-0.39, 0.29) is 5.92 Å². The van der Waals surface area contributed by atoms with Gasteiger partial charge in [0.25, 0.3) is 19.7 Å². The van der Waals surface area contributed by atoms with Gasteiger partial charge in [0.15, 0.2) is 0 Å². The van der Waals surface area contributed by atoms with Gasteiger partial charge in [-0.1, -0.05) is 38.0 Å². The molecule has 0 aromatic rings. The summed E-state index contributed by atoms with van der Waals surface area (Å²) >= 11 is 0. The van der Waals surface area contributed by atoms with Gasteiger partial charge >= 0.3 is 10.6 Å². The van der Waals surface area contributed by atoms with Gasteiger partial charge < -0.3 is 5.53 Å². The molecule has 0 atom stereocenters. The first-order valence-corrected chi connectivity index (χ1v) is 10.8. The lowest BCUT2D eigenvalue weighted by Crippen LogP contribution is -2.32. The van der Waals surface area contributed by atoms with E-state index in [4.69, 9.17) is 5.53 Å². The van der Waals surface area contributed by atoms with E-state index in [0.717, 1.165) is 32.1 Å². The number of nitrogens with zero attached hydrogens (tertiary/aromatic N) is 2. The molecule has 0 bridgehead atoms. The zero-order valence-corrected chi connectivity index (χ0v) is 15.0. The van der Waals surface area contributed by atoms with Crippen LogP contribution in [0.15, 0.2) is 24.3 Å². The third kappa shape index (κ3) is 6.41. The van der Waals surface area contributed by atoms with Gasteiger partial charge in [-0.25, -0.2) is 16.8 Å². The van der Waals surface area contributed by atoms with Crippen LogP contribution in [0.5, 0.6) is 0 Å². The quantitative estimate of drug-likeness (QED) is 0.233. The fourth-order valence-corrected chi connectivity index (χ4v) is 5.89. The number of hydrogen-bond acceptors (Lipinski definition) is 4. The molecule has 1 aliphatic rings. The Bertz CT molecular complexity index is 786. The Labute approximate surface area is 144 Å². The van der Waals surface area contributed by atoms with Crippen LogP contribution in [0.2, 0.25) is 0 Å². The fraction of sp³-hybridized carbons (Fsp3) is 0.643. The van der Waals surface area contributed by atoms with Gasteiger partial charge in [-0.15, -0.1) is 4.79 Å². The molecule has 0 aromatic heterocycles. The van der Waals surface area contributed by atoms with E-state index in [1.54, 1.807) is 6.08 Å². The normalized spacial score (nSPS) is 17.4. The monoisotopic (exact) mass is 400 g/mol. The molecular weight excluding hydrogens is 381 g/mol. The maximum Gasteiger partial charge on any atom is 0.495 e. The van der Waals surface area contributed by atoms with Crippen LogP contribution < -0.4 is 0 Å². The van der Waals surface area contributed by atoms with Crippen molar-refractivity contribution in [1.29, 1.82) is 0 Å². The minimum atomic E-state index is -5.01. The van der Waals surface area contributed by atoms with Crippen LogP contribution in [0.1, 0.15) is 32.1 Å². The molecule has 1 rings (SSSR count). The molecule has 0 radical (unpaired) electrons. The Hall–Kier alpha value is -1.45. The van der Waals surface area contributed by atoms with E-state index in [2.05, 4.69) is 11.4 Å². The van der Waals surface area contributed by atoms with Crippen molar-refractivity contribution in [3.8, 4) is 0 Å². The van der Waals surface area contributed by atoms with Crippen molar-refractivity contribution in [3.63, 3.8) is 0 Å². The van der Waals surface area contributed by atoms with Gasteiger partial charge in [-0.3, -0.25) is 0 Å². The molecule has 1 fully saturated rings. The van der Waals surface area contributed by atoms with Gasteiger partial charge in [0.2, 0.25) is 0 Å². The summed E-state index contributed by atoms with van der Waals surface area (Å²) < 4.78 is 83.4. The Morgan fingerprint density at radius 3 is 2.16 bits per heavy atom. The van der Waals surface area contributed by atoms with E-state index < -0.39 is 47.3 Å². The second kappa shape index (κ2) is 8.29. The summed E-state index contributed by atoms with van der Waals surface area (Å²) in [6, 6.07) is 0. The van der Waals surface area contributed by atoms with Crippen LogP contribution in [0.3, 0.4) is 0 Å². The van der Waals surface area contributed by atoms with Crippen LogP contribution >= 0.6 is 0 Å². The van der Waals surface area contributed by atoms with Crippen LogP contribution in [-0.2, 0) is 19.7 Å². The summed E-state index contributed by atoms with van der Waals surface area (Å²) in [5, 5.41) is 0. The standard InChI is InChI=1S/C14H19F3N2O4S2/c1-11(14(15,16)17)10-25(22,23)13(19-18)24(20,21)9-5-8-12-6-3-2-4-7-12/h5,8,12H,1-4,6-7,9-10H2. The van der Waals surface area contributed by atoms with Gasteiger partial charge in [-0.05, 0) is 18.8 Å². The number of hydrogen-bond donors (Lipinski definition) is 0. The summed E-state index contributed by atoms with van der Waals surface area (Å²) in [5.41, 5.74) is 7.10.